The van der Waals surface area contributed by atoms with E-state index in [-0.39, 0.29) is 0 Å². The van der Waals surface area contributed by atoms with Crippen LogP contribution in [0.2, 0.25) is 0 Å². The molecule has 1 aromatic rings. The average Bonchev–Trinajstić information content (AvgIpc) is 2.35. The second-order valence-corrected chi connectivity index (χ2v) is 2.14. The number of aliphatic hydroxyl groups is 1. The fourth-order valence-electron chi connectivity index (χ4n) is 0.664. The molecule has 1 rings (SSSR count). The van der Waals surface area contributed by atoms with Gasteiger partial charge in [-0.15, -0.1) is 0 Å². The van der Waals surface area contributed by atoms with E-state index < -0.39 is 12.5 Å². The van der Waals surface area contributed by atoms with Gasteiger partial charge in [0.25, 0.3) is 5.91 Å². The molecule has 0 atom stereocenters. The zero-order chi connectivity index (χ0) is 8.27. The molecule has 1 aromatic heterocycles. The standard InChI is InChI=1S/C6H9N3O2/c1-4-2-5(9-8-4)7-6(11)3-10/h2,10H,3H2,1H3,(H2,7,8,9,11). The first-order valence-electron chi connectivity index (χ1n) is 3.15. The van der Waals surface area contributed by atoms with Crippen LogP contribution in [0.25, 0.3) is 0 Å². The number of rotatable bonds is 2. The summed E-state index contributed by atoms with van der Waals surface area (Å²) in [7, 11) is 0. The van der Waals surface area contributed by atoms with E-state index in [9.17, 15) is 4.79 Å². The molecule has 0 bridgehead atoms. The van der Waals surface area contributed by atoms with Crippen molar-refractivity contribution in [3.8, 4) is 0 Å². The second kappa shape index (κ2) is 3.16. The third-order valence-electron chi connectivity index (χ3n) is 1.12. The molecule has 5 heteroatoms. The van der Waals surface area contributed by atoms with Crippen LogP contribution in [0.4, 0.5) is 5.82 Å². The van der Waals surface area contributed by atoms with Gasteiger partial charge in [0.05, 0.1) is 0 Å². The fraction of sp³-hybridized carbons (Fsp3) is 0.333. The maximum absolute atomic E-state index is 10.6. The predicted molar refractivity (Wildman–Crippen MR) is 39.0 cm³/mol. The van der Waals surface area contributed by atoms with E-state index >= 15 is 0 Å². The number of H-pyrrole nitrogens is 1. The van der Waals surface area contributed by atoms with E-state index in [1.165, 1.54) is 0 Å². The molecular formula is C6H9N3O2. The van der Waals surface area contributed by atoms with E-state index in [0.717, 1.165) is 5.69 Å². The monoisotopic (exact) mass is 155 g/mol. The number of aromatic nitrogens is 2. The van der Waals surface area contributed by atoms with Crippen LogP contribution in [0.1, 0.15) is 5.69 Å². The molecule has 0 aromatic carbocycles. The van der Waals surface area contributed by atoms with Gasteiger partial charge in [0, 0.05) is 11.8 Å². The van der Waals surface area contributed by atoms with Crippen molar-refractivity contribution in [1.82, 2.24) is 10.2 Å². The Morgan fingerprint density at radius 2 is 2.64 bits per heavy atom. The number of aromatic amines is 1. The van der Waals surface area contributed by atoms with Crippen molar-refractivity contribution in [3.63, 3.8) is 0 Å². The van der Waals surface area contributed by atoms with E-state index in [4.69, 9.17) is 5.11 Å². The maximum Gasteiger partial charge on any atom is 0.251 e. The molecule has 0 aliphatic heterocycles. The van der Waals surface area contributed by atoms with Gasteiger partial charge in [-0.25, -0.2) is 0 Å². The highest BCUT2D eigenvalue weighted by atomic mass is 16.3. The minimum absolute atomic E-state index is 0.432. The molecule has 0 saturated carbocycles. The molecule has 0 spiro atoms. The van der Waals surface area contributed by atoms with Gasteiger partial charge in [-0.3, -0.25) is 9.89 Å². The first kappa shape index (κ1) is 7.74. The minimum atomic E-state index is -0.522. The van der Waals surface area contributed by atoms with Crippen LogP contribution in [0, 0.1) is 6.92 Å². The summed E-state index contributed by atoms with van der Waals surface area (Å²) in [5.41, 5.74) is 0.859. The molecule has 0 aliphatic rings. The molecule has 0 aliphatic carbocycles. The first-order valence-corrected chi connectivity index (χ1v) is 3.15. The lowest BCUT2D eigenvalue weighted by Gasteiger charge is -1.94. The Morgan fingerprint density at radius 3 is 3.09 bits per heavy atom. The summed E-state index contributed by atoms with van der Waals surface area (Å²) in [4.78, 5) is 10.6. The van der Waals surface area contributed by atoms with Gasteiger partial charge in [0.1, 0.15) is 6.61 Å². The first-order chi connectivity index (χ1) is 5.22. The second-order valence-electron chi connectivity index (χ2n) is 2.14. The van der Waals surface area contributed by atoms with Crippen molar-refractivity contribution < 1.29 is 9.90 Å². The largest absolute Gasteiger partial charge is 0.387 e. The van der Waals surface area contributed by atoms with Crippen molar-refractivity contribution >= 4 is 11.7 Å². The maximum atomic E-state index is 10.6. The normalized spacial score (nSPS) is 9.64. The SMILES string of the molecule is Cc1cc(NC(=O)CO)n[nH]1. The van der Waals surface area contributed by atoms with Crippen LogP contribution in [-0.2, 0) is 4.79 Å². The minimum Gasteiger partial charge on any atom is -0.387 e. The van der Waals surface area contributed by atoms with Crippen LogP contribution in [0.5, 0.6) is 0 Å². The summed E-state index contributed by atoms with van der Waals surface area (Å²) in [5.74, 6) is -0.0296. The summed E-state index contributed by atoms with van der Waals surface area (Å²) in [6.07, 6.45) is 0. The van der Waals surface area contributed by atoms with Crippen LogP contribution < -0.4 is 5.32 Å². The van der Waals surface area contributed by atoms with Crippen molar-refractivity contribution in [3.05, 3.63) is 11.8 Å². The third-order valence-corrected chi connectivity index (χ3v) is 1.12. The summed E-state index contributed by atoms with van der Waals surface area (Å²) in [5, 5.41) is 17.1. The molecule has 0 saturated heterocycles. The molecule has 0 radical (unpaired) electrons. The van der Waals surface area contributed by atoms with Crippen molar-refractivity contribution in [1.29, 1.82) is 0 Å². The number of hydrogen-bond donors (Lipinski definition) is 3. The lowest BCUT2D eigenvalue weighted by molar-refractivity contribution is -0.118. The Labute approximate surface area is 63.4 Å². The van der Waals surface area contributed by atoms with Gasteiger partial charge in [0.15, 0.2) is 5.82 Å². The topological polar surface area (TPSA) is 78.0 Å². The Hall–Kier alpha value is -1.36. The number of aliphatic hydroxyl groups excluding tert-OH is 1. The van der Waals surface area contributed by atoms with Gasteiger partial charge >= 0.3 is 0 Å². The Kier molecular flexibility index (Phi) is 2.22. The predicted octanol–water partition coefficient (Wildman–Crippen LogP) is -0.351. The number of hydrogen-bond acceptors (Lipinski definition) is 3. The van der Waals surface area contributed by atoms with Gasteiger partial charge in [-0.05, 0) is 6.92 Å². The molecule has 5 nitrogen and oxygen atoms in total. The van der Waals surface area contributed by atoms with Crippen LogP contribution >= 0.6 is 0 Å². The fourth-order valence-corrected chi connectivity index (χ4v) is 0.664. The number of anilines is 1. The molecule has 11 heavy (non-hydrogen) atoms. The van der Waals surface area contributed by atoms with E-state index in [2.05, 4.69) is 15.5 Å². The Morgan fingerprint density at radius 1 is 1.91 bits per heavy atom. The van der Waals surface area contributed by atoms with E-state index in [1.807, 2.05) is 6.92 Å². The zero-order valence-corrected chi connectivity index (χ0v) is 6.09. The molecule has 0 fully saturated rings. The molecule has 0 unspecified atom stereocenters. The highest BCUT2D eigenvalue weighted by Gasteiger charge is 2.01. The van der Waals surface area contributed by atoms with E-state index in [1.54, 1.807) is 6.07 Å². The molecule has 1 heterocycles. The molecule has 60 valence electrons. The summed E-state index contributed by atoms with van der Waals surface area (Å²) in [6, 6.07) is 1.67. The highest BCUT2D eigenvalue weighted by Crippen LogP contribution is 2.02. The highest BCUT2D eigenvalue weighted by molar-refractivity contribution is 5.90. The van der Waals surface area contributed by atoms with Gasteiger partial charge in [-0.1, -0.05) is 0 Å². The number of aryl methyl sites for hydroxylation is 1. The number of carbonyl (C=O) groups is 1. The smallest absolute Gasteiger partial charge is 0.251 e. The van der Waals surface area contributed by atoms with E-state index in [0.29, 0.717) is 5.82 Å². The lowest BCUT2D eigenvalue weighted by atomic mass is 10.4. The van der Waals surface area contributed by atoms with Crippen LogP contribution in [0.15, 0.2) is 6.07 Å². The summed E-state index contributed by atoms with van der Waals surface area (Å²) in [6.45, 7) is 1.30. The van der Waals surface area contributed by atoms with Crippen LogP contribution in [-0.4, -0.2) is 27.8 Å². The number of amides is 1. The van der Waals surface area contributed by atoms with Gasteiger partial charge in [-0.2, -0.15) is 5.10 Å². The molecular weight excluding hydrogens is 146 g/mol. The van der Waals surface area contributed by atoms with Crippen LogP contribution in [0.3, 0.4) is 0 Å². The number of nitrogens with one attached hydrogen (secondary N) is 2. The zero-order valence-electron chi connectivity index (χ0n) is 6.09. The number of nitrogens with zero attached hydrogens (tertiary/aromatic N) is 1. The Balaban J connectivity index is 2.57. The van der Waals surface area contributed by atoms with Crippen molar-refractivity contribution in [2.24, 2.45) is 0 Å². The van der Waals surface area contributed by atoms with Gasteiger partial charge < -0.3 is 10.4 Å². The molecule has 1 amide bonds. The quantitative estimate of drug-likeness (QED) is 0.546. The average molecular weight is 155 g/mol. The summed E-state index contributed by atoms with van der Waals surface area (Å²) >= 11 is 0. The van der Waals surface area contributed by atoms with Crippen molar-refractivity contribution in [2.75, 3.05) is 11.9 Å². The lowest BCUT2D eigenvalue weighted by Crippen LogP contribution is -2.15. The molecule has 3 N–H and O–H groups in total. The van der Waals surface area contributed by atoms with Gasteiger partial charge in [0.2, 0.25) is 0 Å². The Bertz CT molecular complexity index is 256. The van der Waals surface area contributed by atoms with Crippen molar-refractivity contribution in [2.45, 2.75) is 6.92 Å². The third kappa shape index (κ3) is 2.05. The summed E-state index contributed by atoms with van der Waals surface area (Å²) < 4.78 is 0. The number of carbonyl (C=O) groups excluding carboxylic acids is 1.